The number of rotatable bonds is 3. The van der Waals surface area contributed by atoms with Crippen LogP contribution in [0.15, 0.2) is 18.2 Å². The molecule has 0 atom stereocenters. The molecule has 21 heavy (non-hydrogen) atoms. The second-order valence-electron chi connectivity index (χ2n) is 5.13. The van der Waals surface area contributed by atoms with Crippen LogP contribution >= 0.6 is 0 Å². The summed E-state index contributed by atoms with van der Waals surface area (Å²) in [7, 11) is 0. The van der Waals surface area contributed by atoms with Crippen LogP contribution < -0.4 is 11.1 Å². The molecular weight excluding hydrogens is 264 g/mol. The maximum atomic E-state index is 12.5. The lowest BCUT2D eigenvalue weighted by atomic mass is 10.1. The van der Waals surface area contributed by atoms with E-state index in [4.69, 9.17) is 5.73 Å². The molecule has 0 aliphatic carbocycles. The van der Waals surface area contributed by atoms with Crippen LogP contribution in [0.2, 0.25) is 0 Å². The minimum Gasteiger partial charge on any atom is -0.398 e. The number of hydrogen-bond acceptors (Lipinski definition) is 4. The van der Waals surface area contributed by atoms with Gasteiger partial charge in [-0.15, -0.1) is 0 Å². The quantitative estimate of drug-likeness (QED) is 0.849. The zero-order valence-electron chi connectivity index (χ0n) is 12.8. The highest BCUT2D eigenvalue weighted by Gasteiger charge is 2.15. The predicted molar refractivity (Wildman–Crippen MR) is 84.4 cm³/mol. The molecule has 0 saturated carbocycles. The SMILES string of the molecule is CCc1nnc(C)cc1C(=O)Nc1c(C)ccc(N)c1C. The summed E-state index contributed by atoms with van der Waals surface area (Å²) in [5, 5.41) is 11.0. The van der Waals surface area contributed by atoms with E-state index in [1.807, 2.05) is 39.8 Å². The molecule has 110 valence electrons. The van der Waals surface area contributed by atoms with E-state index in [0.29, 0.717) is 23.4 Å². The summed E-state index contributed by atoms with van der Waals surface area (Å²) >= 11 is 0. The number of nitrogens with zero attached hydrogens (tertiary/aromatic N) is 2. The Bertz CT molecular complexity index is 695. The van der Waals surface area contributed by atoms with E-state index < -0.39 is 0 Å². The van der Waals surface area contributed by atoms with Crippen LogP contribution in [-0.4, -0.2) is 16.1 Å². The monoisotopic (exact) mass is 284 g/mol. The van der Waals surface area contributed by atoms with Gasteiger partial charge in [0, 0.05) is 11.4 Å². The first-order valence-electron chi connectivity index (χ1n) is 6.94. The first kappa shape index (κ1) is 15.0. The molecule has 1 aromatic carbocycles. The molecule has 2 aromatic rings. The normalized spacial score (nSPS) is 10.5. The summed E-state index contributed by atoms with van der Waals surface area (Å²) in [5.74, 6) is -0.179. The zero-order chi connectivity index (χ0) is 15.6. The Morgan fingerprint density at radius 1 is 1.24 bits per heavy atom. The van der Waals surface area contributed by atoms with Crippen LogP contribution in [-0.2, 0) is 6.42 Å². The molecule has 0 spiro atoms. The standard InChI is InChI=1S/C16H20N4O/c1-5-14-12(8-10(3)19-20-14)16(21)18-15-9(2)6-7-13(17)11(15)4/h6-8H,5,17H2,1-4H3,(H,18,21). The molecule has 1 aromatic heterocycles. The zero-order valence-corrected chi connectivity index (χ0v) is 12.8. The van der Waals surface area contributed by atoms with E-state index in [1.165, 1.54) is 0 Å². The van der Waals surface area contributed by atoms with E-state index in [0.717, 1.165) is 22.5 Å². The van der Waals surface area contributed by atoms with Crippen LogP contribution in [0, 0.1) is 20.8 Å². The third-order valence-electron chi connectivity index (χ3n) is 3.53. The van der Waals surface area contributed by atoms with Gasteiger partial charge in [-0.1, -0.05) is 13.0 Å². The van der Waals surface area contributed by atoms with Crippen LogP contribution in [0.25, 0.3) is 0 Å². The molecule has 5 heteroatoms. The molecule has 0 fully saturated rings. The molecule has 1 amide bonds. The van der Waals surface area contributed by atoms with Gasteiger partial charge in [-0.05, 0) is 50.5 Å². The average Bonchev–Trinajstić information content (AvgIpc) is 2.47. The maximum absolute atomic E-state index is 12.5. The molecule has 3 N–H and O–H groups in total. The summed E-state index contributed by atoms with van der Waals surface area (Å²) in [6.45, 7) is 7.61. The smallest absolute Gasteiger partial charge is 0.257 e. The van der Waals surface area contributed by atoms with Crippen LogP contribution in [0.1, 0.15) is 39.8 Å². The number of benzene rings is 1. The van der Waals surface area contributed by atoms with Crippen molar-refractivity contribution < 1.29 is 4.79 Å². The number of hydrogen-bond donors (Lipinski definition) is 2. The fourth-order valence-corrected chi connectivity index (χ4v) is 2.21. The van der Waals surface area contributed by atoms with Crippen LogP contribution in [0.5, 0.6) is 0 Å². The summed E-state index contributed by atoms with van der Waals surface area (Å²) < 4.78 is 0. The minimum atomic E-state index is -0.179. The number of carbonyl (C=O) groups is 1. The fourth-order valence-electron chi connectivity index (χ4n) is 2.21. The summed E-state index contributed by atoms with van der Waals surface area (Å²) in [6, 6.07) is 5.50. The van der Waals surface area contributed by atoms with Gasteiger partial charge < -0.3 is 11.1 Å². The van der Waals surface area contributed by atoms with Gasteiger partial charge in [0.15, 0.2) is 0 Å². The van der Waals surface area contributed by atoms with Crippen LogP contribution in [0.4, 0.5) is 11.4 Å². The van der Waals surface area contributed by atoms with Crippen molar-refractivity contribution in [2.75, 3.05) is 11.1 Å². The molecule has 5 nitrogen and oxygen atoms in total. The first-order chi connectivity index (χ1) is 9.93. The second kappa shape index (κ2) is 5.91. The fraction of sp³-hybridized carbons (Fsp3) is 0.312. The van der Waals surface area contributed by atoms with Crippen molar-refractivity contribution in [1.82, 2.24) is 10.2 Å². The third-order valence-corrected chi connectivity index (χ3v) is 3.53. The number of carbonyl (C=O) groups excluding carboxylic acids is 1. The highest BCUT2D eigenvalue weighted by Crippen LogP contribution is 2.26. The molecule has 0 radical (unpaired) electrons. The second-order valence-corrected chi connectivity index (χ2v) is 5.13. The Balaban J connectivity index is 2.39. The molecule has 0 bridgehead atoms. The number of nitrogen functional groups attached to an aromatic ring is 1. The van der Waals surface area contributed by atoms with E-state index >= 15 is 0 Å². The highest BCUT2D eigenvalue weighted by atomic mass is 16.1. The lowest BCUT2D eigenvalue weighted by molar-refractivity contribution is 0.102. The van der Waals surface area contributed by atoms with Crippen molar-refractivity contribution >= 4 is 17.3 Å². The lowest BCUT2D eigenvalue weighted by Crippen LogP contribution is -2.17. The molecule has 0 saturated heterocycles. The Labute approximate surface area is 124 Å². The highest BCUT2D eigenvalue weighted by molar-refractivity contribution is 6.06. The van der Waals surface area contributed by atoms with Gasteiger partial charge in [0.05, 0.1) is 17.0 Å². The van der Waals surface area contributed by atoms with Gasteiger partial charge in [-0.3, -0.25) is 4.79 Å². The summed E-state index contributed by atoms with van der Waals surface area (Å²) in [6.07, 6.45) is 0.658. The number of nitrogens with one attached hydrogen (secondary N) is 1. The Morgan fingerprint density at radius 2 is 1.95 bits per heavy atom. The van der Waals surface area contributed by atoms with Crippen molar-refractivity contribution in [3.63, 3.8) is 0 Å². The van der Waals surface area contributed by atoms with E-state index in [1.54, 1.807) is 6.07 Å². The molecule has 0 aliphatic heterocycles. The van der Waals surface area contributed by atoms with Gasteiger partial charge in [-0.2, -0.15) is 10.2 Å². The predicted octanol–water partition coefficient (Wildman–Crippen LogP) is 2.80. The van der Waals surface area contributed by atoms with E-state index in [9.17, 15) is 4.79 Å². The van der Waals surface area contributed by atoms with Gasteiger partial charge in [0.25, 0.3) is 5.91 Å². The van der Waals surface area contributed by atoms with Crippen molar-refractivity contribution in [3.8, 4) is 0 Å². The van der Waals surface area contributed by atoms with Gasteiger partial charge in [0.1, 0.15) is 0 Å². The number of aryl methyl sites for hydroxylation is 3. The lowest BCUT2D eigenvalue weighted by Gasteiger charge is -2.14. The van der Waals surface area contributed by atoms with E-state index in [-0.39, 0.29) is 5.91 Å². The molecular formula is C16H20N4O. The first-order valence-corrected chi connectivity index (χ1v) is 6.94. The average molecular weight is 284 g/mol. The Hall–Kier alpha value is -2.43. The molecule has 0 aliphatic rings. The topological polar surface area (TPSA) is 80.9 Å². The van der Waals surface area contributed by atoms with Crippen molar-refractivity contribution in [2.24, 2.45) is 0 Å². The number of amides is 1. The maximum Gasteiger partial charge on any atom is 0.257 e. The van der Waals surface area contributed by atoms with Crippen molar-refractivity contribution in [3.05, 3.63) is 46.3 Å². The Kier molecular flexibility index (Phi) is 4.21. The van der Waals surface area contributed by atoms with Gasteiger partial charge >= 0.3 is 0 Å². The minimum absolute atomic E-state index is 0.179. The van der Waals surface area contributed by atoms with Crippen molar-refractivity contribution in [2.45, 2.75) is 34.1 Å². The third kappa shape index (κ3) is 3.02. The molecule has 1 heterocycles. The largest absolute Gasteiger partial charge is 0.398 e. The summed E-state index contributed by atoms with van der Waals surface area (Å²) in [5.41, 5.74) is 11.2. The number of nitrogens with two attached hydrogens (primary N) is 1. The van der Waals surface area contributed by atoms with Crippen LogP contribution in [0.3, 0.4) is 0 Å². The summed E-state index contributed by atoms with van der Waals surface area (Å²) in [4.78, 5) is 12.5. The molecule has 2 rings (SSSR count). The number of anilines is 2. The number of aromatic nitrogens is 2. The molecule has 0 unspecified atom stereocenters. The van der Waals surface area contributed by atoms with E-state index in [2.05, 4.69) is 15.5 Å². The van der Waals surface area contributed by atoms with Gasteiger partial charge in [-0.25, -0.2) is 0 Å². The Morgan fingerprint density at radius 3 is 2.62 bits per heavy atom. The van der Waals surface area contributed by atoms with Crippen molar-refractivity contribution in [1.29, 1.82) is 0 Å². The van der Waals surface area contributed by atoms with Gasteiger partial charge in [0.2, 0.25) is 0 Å².